The van der Waals surface area contributed by atoms with E-state index in [0.29, 0.717) is 24.4 Å². The lowest BCUT2D eigenvalue weighted by Gasteiger charge is -2.14. The van der Waals surface area contributed by atoms with Crippen LogP contribution in [0.5, 0.6) is 0 Å². The lowest BCUT2D eigenvalue weighted by atomic mass is 10.1. The Balaban J connectivity index is 1.94. The van der Waals surface area contributed by atoms with E-state index in [-0.39, 0.29) is 5.97 Å². The lowest BCUT2D eigenvalue weighted by molar-refractivity contribution is 0.0526. The van der Waals surface area contributed by atoms with E-state index in [1.165, 1.54) is 0 Å². The number of nitrogens with zero attached hydrogens (tertiary/aromatic N) is 2. The molecule has 0 aliphatic rings. The minimum Gasteiger partial charge on any atom is -0.462 e. The van der Waals surface area contributed by atoms with Crippen LogP contribution >= 0.6 is 0 Å². The van der Waals surface area contributed by atoms with Crippen molar-refractivity contribution in [3.05, 3.63) is 84.1 Å². The Morgan fingerprint density at radius 2 is 1.82 bits per heavy atom. The van der Waals surface area contributed by atoms with Crippen molar-refractivity contribution in [2.24, 2.45) is 0 Å². The monoisotopic (exact) mass is 373 g/mol. The van der Waals surface area contributed by atoms with Gasteiger partial charge in [0.05, 0.1) is 12.2 Å². The van der Waals surface area contributed by atoms with Crippen LogP contribution in [-0.4, -0.2) is 22.5 Å². The molecule has 28 heavy (non-hydrogen) atoms. The maximum absolute atomic E-state index is 11.8. The molecule has 3 aromatic rings. The summed E-state index contributed by atoms with van der Waals surface area (Å²) < 4.78 is 5.03. The third-order valence-electron chi connectivity index (χ3n) is 4.25. The molecule has 0 bridgehead atoms. The highest BCUT2D eigenvalue weighted by molar-refractivity contribution is 5.89. The summed E-state index contributed by atoms with van der Waals surface area (Å²) in [7, 11) is 0. The van der Waals surface area contributed by atoms with Crippen LogP contribution in [0.4, 0.5) is 11.5 Å². The number of rotatable bonds is 7. The van der Waals surface area contributed by atoms with E-state index in [0.717, 1.165) is 28.3 Å². The normalized spacial score (nSPS) is 10.4. The first kappa shape index (κ1) is 19.3. The average Bonchev–Trinajstić information content (AvgIpc) is 2.72. The minimum absolute atomic E-state index is 0.328. The zero-order valence-electron chi connectivity index (χ0n) is 16.1. The number of anilines is 2. The van der Waals surface area contributed by atoms with Gasteiger partial charge in [0.25, 0.3) is 0 Å². The maximum atomic E-state index is 11.8. The number of hydrogen-bond donors (Lipinski definition) is 1. The molecule has 5 nitrogen and oxygen atoms in total. The Morgan fingerprint density at radius 1 is 1.11 bits per heavy atom. The molecule has 142 valence electrons. The molecule has 3 rings (SSSR count). The van der Waals surface area contributed by atoms with Crippen LogP contribution in [0.2, 0.25) is 0 Å². The topological polar surface area (TPSA) is 64.1 Å². The number of ether oxygens (including phenoxy) is 1. The van der Waals surface area contributed by atoms with E-state index in [2.05, 4.69) is 16.9 Å². The van der Waals surface area contributed by atoms with Crippen molar-refractivity contribution in [2.45, 2.75) is 20.3 Å². The van der Waals surface area contributed by atoms with Gasteiger partial charge in [-0.1, -0.05) is 36.4 Å². The SMILES string of the molecule is C=CCc1c(C)nc(-c2ccccc2)nc1Nc1ccc(C(=O)OCC)cc1. The van der Waals surface area contributed by atoms with Gasteiger partial charge in [-0.3, -0.25) is 0 Å². The van der Waals surface area contributed by atoms with Gasteiger partial charge in [-0.2, -0.15) is 0 Å². The average molecular weight is 373 g/mol. The predicted octanol–water partition coefficient (Wildman–Crippen LogP) is 5.10. The van der Waals surface area contributed by atoms with E-state index in [1.54, 1.807) is 19.1 Å². The van der Waals surface area contributed by atoms with Gasteiger partial charge in [0.15, 0.2) is 5.82 Å². The molecule has 1 aromatic heterocycles. The number of benzene rings is 2. The molecule has 0 spiro atoms. The van der Waals surface area contributed by atoms with Gasteiger partial charge < -0.3 is 10.1 Å². The summed E-state index contributed by atoms with van der Waals surface area (Å²) in [4.78, 5) is 21.2. The largest absolute Gasteiger partial charge is 0.462 e. The Labute approximate surface area is 165 Å². The summed E-state index contributed by atoms with van der Waals surface area (Å²) in [6, 6.07) is 17.0. The molecule has 1 N–H and O–H groups in total. The summed E-state index contributed by atoms with van der Waals surface area (Å²) in [5.74, 6) is 1.07. The minimum atomic E-state index is -0.328. The predicted molar refractivity (Wildman–Crippen MR) is 112 cm³/mol. The van der Waals surface area contributed by atoms with Gasteiger partial charge in [-0.05, 0) is 44.5 Å². The van der Waals surface area contributed by atoms with Crippen LogP contribution in [0.3, 0.4) is 0 Å². The number of esters is 1. The number of carbonyl (C=O) groups is 1. The highest BCUT2D eigenvalue weighted by atomic mass is 16.5. The molecular formula is C23H23N3O2. The number of allylic oxidation sites excluding steroid dienone is 1. The summed E-state index contributed by atoms with van der Waals surface area (Å²) in [5.41, 5.74) is 4.19. The van der Waals surface area contributed by atoms with Crippen LogP contribution in [-0.2, 0) is 11.2 Å². The first-order chi connectivity index (χ1) is 13.6. The van der Waals surface area contributed by atoms with Crippen molar-refractivity contribution < 1.29 is 9.53 Å². The number of aromatic nitrogens is 2. The van der Waals surface area contributed by atoms with Crippen molar-refractivity contribution in [2.75, 3.05) is 11.9 Å². The highest BCUT2D eigenvalue weighted by Crippen LogP contribution is 2.26. The molecule has 0 fully saturated rings. The second-order valence-corrected chi connectivity index (χ2v) is 6.24. The van der Waals surface area contributed by atoms with Crippen molar-refractivity contribution >= 4 is 17.5 Å². The quantitative estimate of drug-likeness (QED) is 0.461. The Hall–Kier alpha value is -3.47. The van der Waals surface area contributed by atoms with E-state index < -0.39 is 0 Å². The first-order valence-electron chi connectivity index (χ1n) is 9.20. The molecule has 0 aliphatic carbocycles. The number of carbonyl (C=O) groups excluding carboxylic acids is 1. The van der Waals surface area contributed by atoms with Gasteiger partial charge in [0.1, 0.15) is 5.82 Å². The number of hydrogen-bond acceptors (Lipinski definition) is 5. The fourth-order valence-corrected chi connectivity index (χ4v) is 2.85. The maximum Gasteiger partial charge on any atom is 0.338 e. The van der Waals surface area contributed by atoms with E-state index in [4.69, 9.17) is 9.72 Å². The molecule has 0 radical (unpaired) electrons. The molecule has 0 saturated heterocycles. The van der Waals surface area contributed by atoms with Crippen LogP contribution in [0, 0.1) is 6.92 Å². The summed E-state index contributed by atoms with van der Waals surface area (Å²) in [5, 5.41) is 3.36. The first-order valence-corrected chi connectivity index (χ1v) is 9.20. The van der Waals surface area contributed by atoms with Gasteiger partial charge in [-0.25, -0.2) is 14.8 Å². The molecule has 5 heteroatoms. The Kier molecular flexibility index (Phi) is 6.17. The molecule has 0 amide bonds. The summed E-state index contributed by atoms with van der Waals surface area (Å²) in [6.07, 6.45) is 2.49. The second kappa shape index (κ2) is 8.95. The van der Waals surface area contributed by atoms with Crippen LogP contribution < -0.4 is 5.32 Å². The molecule has 0 atom stereocenters. The van der Waals surface area contributed by atoms with Crippen LogP contribution in [0.15, 0.2) is 67.3 Å². The fourth-order valence-electron chi connectivity index (χ4n) is 2.85. The summed E-state index contributed by atoms with van der Waals surface area (Å²) in [6.45, 7) is 7.96. The third-order valence-corrected chi connectivity index (χ3v) is 4.25. The Bertz CT molecular complexity index is 967. The van der Waals surface area contributed by atoms with E-state index in [9.17, 15) is 4.79 Å². The van der Waals surface area contributed by atoms with Gasteiger partial charge in [-0.15, -0.1) is 6.58 Å². The van der Waals surface area contributed by atoms with E-state index in [1.807, 2.05) is 55.5 Å². The standard InChI is InChI=1S/C23H23N3O2/c1-4-9-20-16(3)24-21(17-10-7-6-8-11-17)26-22(20)25-19-14-12-18(13-15-19)23(27)28-5-2/h4,6-8,10-15H,1,5,9H2,2-3H3,(H,24,25,26). The van der Waals surface area contributed by atoms with Crippen molar-refractivity contribution in [3.8, 4) is 11.4 Å². The lowest BCUT2D eigenvalue weighted by Crippen LogP contribution is -2.06. The molecule has 1 heterocycles. The number of nitrogens with one attached hydrogen (secondary N) is 1. The van der Waals surface area contributed by atoms with Crippen molar-refractivity contribution in [3.63, 3.8) is 0 Å². The van der Waals surface area contributed by atoms with Crippen molar-refractivity contribution in [1.82, 2.24) is 9.97 Å². The molecule has 2 aromatic carbocycles. The van der Waals surface area contributed by atoms with Crippen molar-refractivity contribution in [1.29, 1.82) is 0 Å². The smallest absolute Gasteiger partial charge is 0.338 e. The fraction of sp³-hybridized carbons (Fsp3) is 0.174. The molecular weight excluding hydrogens is 350 g/mol. The zero-order chi connectivity index (χ0) is 19.9. The van der Waals surface area contributed by atoms with E-state index >= 15 is 0 Å². The third kappa shape index (κ3) is 4.43. The number of aryl methyl sites for hydroxylation is 1. The second-order valence-electron chi connectivity index (χ2n) is 6.24. The van der Waals surface area contributed by atoms with Gasteiger partial charge >= 0.3 is 5.97 Å². The van der Waals surface area contributed by atoms with Crippen LogP contribution in [0.1, 0.15) is 28.5 Å². The molecule has 0 aliphatic heterocycles. The molecule has 0 saturated carbocycles. The Morgan fingerprint density at radius 3 is 2.46 bits per heavy atom. The highest BCUT2D eigenvalue weighted by Gasteiger charge is 2.13. The molecule has 0 unspecified atom stereocenters. The van der Waals surface area contributed by atoms with Gasteiger partial charge in [0.2, 0.25) is 0 Å². The van der Waals surface area contributed by atoms with Gasteiger partial charge in [0, 0.05) is 22.5 Å². The van der Waals surface area contributed by atoms with Crippen LogP contribution in [0.25, 0.3) is 11.4 Å². The zero-order valence-corrected chi connectivity index (χ0v) is 16.1. The summed E-state index contributed by atoms with van der Waals surface area (Å²) >= 11 is 0.